The van der Waals surface area contributed by atoms with Gasteiger partial charge in [0.25, 0.3) is 11.6 Å². The molecule has 2 aliphatic heterocycles. The van der Waals surface area contributed by atoms with Crippen LogP contribution in [0.1, 0.15) is 18.4 Å². The predicted molar refractivity (Wildman–Crippen MR) is 90.9 cm³/mol. The number of hydrogen-bond donors (Lipinski definition) is 1. The fourth-order valence-corrected chi connectivity index (χ4v) is 3.61. The monoisotopic (exact) mass is 335 g/mol. The van der Waals surface area contributed by atoms with Crippen molar-refractivity contribution in [3.05, 3.63) is 38.8 Å². The van der Waals surface area contributed by atoms with Crippen LogP contribution in [0.5, 0.6) is 0 Å². The molecule has 0 unspecified atom stereocenters. The zero-order valence-corrected chi connectivity index (χ0v) is 13.2. The summed E-state index contributed by atoms with van der Waals surface area (Å²) < 4.78 is 0.407. The van der Waals surface area contributed by atoms with E-state index in [2.05, 4.69) is 10.2 Å². The molecule has 2 heterocycles. The number of nitro groups is 1. The number of thioether (sulfide) groups is 1. The van der Waals surface area contributed by atoms with Crippen molar-refractivity contribution in [2.75, 3.05) is 18.0 Å². The van der Waals surface area contributed by atoms with Crippen LogP contribution in [-0.4, -0.2) is 28.2 Å². The van der Waals surface area contributed by atoms with Crippen molar-refractivity contribution in [2.24, 2.45) is 0 Å². The summed E-state index contributed by atoms with van der Waals surface area (Å²) in [5.74, 6) is -0.256. The van der Waals surface area contributed by atoms with Gasteiger partial charge in [-0.25, -0.2) is 0 Å². The van der Waals surface area contributed by atoms with Crippen molar-refractivity contribution < 1.29 is 9.72 Å². The van der Waals surface area contributed by atoms with Crippen LogP contribution in [-0.2, 0) is 4.79 Å². The molecule has 0 atom stereocenters. The topological polar surface area (TPSA) is 75.5 Å². The Morgan fingerprint density at radius 2 is 2.09 bits per heavy atom. The second kappa shape index (κ2) is 6.05. The maximum atomic E-state index is 11.8. The van der Waals surface area contributed by atoms with Crippen molar-refractivity contribution in [1.82, 2.24) is 5.32 Å². The van der Waals surface area contributed by atoms with E-state index in [0.717, 1.165) is 31.6 Å². The van der Waals surface area contributed by atoms with Crippen LogP contribution in [0, 0.1) is 10.1 Å². The third kappa shape index (κ3) is 2.97. The maximum absolute atomic E-state index is 11.8. The van der Waals surface area contributed by atoms with Gasteiger partial charge in [0.2, 0.25) is 0 Å². The SMILES string of the molecule is O=C1NC(=S)S/C1=C\c1cc([N+](=O)[O-])ccc1N1CCCC1. The number of hydrogen-bond acceptors (Lipinski definition) is 6. The average molecular weight is 335 g/mol. The molecule has 0 radical (unpaired) electrons. The van der Waals surface area contributed by atoms with Crippen LogP contribution in [0.2, 0.25) is 0 Å². The molecule has 0 aromatic heterocycles. The van der Waals surface area contributed by atoms with E-state index in [1.807, 2.05) is 0 Å². The molecule has 1 aromatic rings. The van der Waals surface area contributed by atoms with E-state index in [4.69, 9.17) is 12.2 Å². The van der Waals surface area contributed by atoms with Gasteiger partial charge in [-0.1, -0.05) is 24.0 Å². The summed E-state index contributed by atoms with van der Waals surface area (Å²) in [5, 5.41) is 13.6. The molecule has 2 saturated heterocycles. The highest BCUT2D eigenvalue weighted by molar-refractivity contribution is 8.26. The Kier molecular flexibility index (Phi) is 4.12. The van der Waals surface area contributed by atoms with Crippen molar-refractivity contribution in [2.45, 2.75) is 12.8 Å². The summed E-state index contributed by atoms with van der Waals surface area (Å²) in [6.45, 7) is 1.84. The molecule has 3 rings (SSSR count). The van der Waals surface area contributed by atoms with Crippen LogP contribution >= 0.6 is 24.0 Å². The summed E-state index contributed by atoms with van der Waals surface area (Å²) in [6.07, 6.45) is 3.89. The van der Waals surface area contributed by atoms with Crippen LogP contribution in [0.15, 0.2) is 23.1 Å². The number of nitrogens with zero attached hydrogens (tertiary/aromatic N) is 2. The Labute approximate surface area is 136 Å². The van der Waals surface area contributed by atoms with Gasteiger partial charge in [-0.05, 0) is 25.0 Å². The van der Waals surface area contributed by atoms with Crippen molar-refractivity contribution in [1.29, 1.82) is 0 Å². The minimum Gasteiger partial charge on any atom is -0.371 e. The summed E-state index contributed by atoms with van der Waals surface area (Å²) in [5.41, 5.74) is 1.61. The first-order valence-electron chi connectivity index (χ1n) is 6.83. The second-order valence-corrected chi connectivity index (χ2v) is 6.77. The number of carbonyl (C=O) groups excluding carboxylic acids is 1. The average Bonchev–Trinajstić information content (AvgIpc) is 3.09. The molecule has 1 aromatic carbocycles. The van der Waals surface area contributed by atoms with Gasteiger partial charge in [0.05, 0.1) is 9.83 Å². The number of carbonyl (C=O) groups is 1. The van der Waals surface area contributed by atoms with Gasteiger partial charge in [-0.3, -0.25) is 14.9 Å². The van der Waals surface area contributed by atoms with Gasteiger partial charge < -0.3 is 10.2 Å². The smallest absolute Gasteiger partial charge is 0.270 e. The minimum atomic E-state index is -0.428. The first kappa shape index (κ1) is 15.0. The summed E-state index contributed by atoms with van der Waals surface area (Å²) in [4.78, 5) is 25.0. The number of nitrogens with one attached hydrogen (secondary N) is 1. The van der Waals surface area contributed by atoms with Gasteiger partial charge in [0.1, 0.15) is 4.32 Å². The molecule has 1 amide bonds. The molecule has 22 heavy (non-hydrogen) atoms. The first-order chi connectivity index (χ1) is 10.5. The number of rotatable bonds is 3. The van der Waals surface area contributed by atoms with Crippen molar-refractivity contribution >= 4 is 51.7 Å². The van der Waals surface area contributed by atoms with E-state index in [1.54, 1.807) is 12.1 Å². The molecule has 2 aliphatic rings. The Morgan fingerprint density at radius 1 is 1.36 bits per heavy atom. The fourth-order valence-electron chi connectivity index (χ4n) is 2.58. The van der Waals surface area contributed by atoms with Gasteiger partial charge in [-0.15, -0.1) is 0 Å². The summed E-state index contributed by atoms with van der Waals surface area (Å²) >= 11 is 6.15. The van der Waals surface area contributed by atoms with Crippen LogP contribution in [0.3, 0.4) is 0 Å². The number of anilines is 1. The Morgan fingerprint density at radius 3 is 2.68 bits per heavy atom. The van der Waals surface area contributed by atoms with E-state index < -0.39 is 4.92 Å². The van der Waals surface area contributed by atoms with Gasteiger partial charge >= 0.3 is 0 Å². The highest BCUT2D eigenvalue weighted by Crippen LogP contribution is 2.33. The third-order valence-electron chi connectivity index (χ3n) is 3.60. The van der Waals surface area contributed by atoms with E-state index in [1.165, 1.54) is 23.9 Å². The molecule has 0 saturated carbocycles. The standard InChI is InChI=1S/C14H13N3O3S2/c18-13-12(22-14(21)15-13)8-9-7-10(17(19)20)3-4-11(9)16-5-1-2-6-16/h3-4,7-8H,1-2,5-6H2,(H,15,18,21)/b12-8-. The lowest BCUT2D eigenvalue weighted by atomic mass is 10.1. The molecule has 8 heteroatoms. The fraction of sp³-hybridized carbons (Fsp3) is 0.286. The molecule has 0 spiro atoms. The summed E-state index contributed by atoms with van der Waals surface area (Å²) in [7, 11) is 0. The lowest BCUT2D eigenvalue weighted by Gasteiger charge is -2.20. The first-order valence-corrected chi connectivity index (χ1v) is 8.05. The zero-order valence-electron chi connectivity index (χ0n) is 11.6. The molecular weight excluding hydrogens is 322 g/mol. The number of amides is 1. The lowest BCUT2D eigenvalue weighted by Crippen LogP contribution is -2.19. The van der Waals surface area contributed by atoms with E-state index in [9.17, 15) is 14.9 Å². The molecule has 0 bridgehead atoms. The second-order valence-electron chi connectivity index (χ2n) is 5.05. The van der Waals surface area contributed by atoms with Crippen LogP contribution in [0.25, 0.3) is 6.08 Å². The van der Waals surface area contributed by atoms with Gasteiger partial charge in [-0.2, -0.15) is 0 Å². The molecule has 1 N–H and O–H groups in total. The third-order valence-corrected chi connectivity index (χ3v) is 4.76. The highest BCUT2D eigenvalue weighted by atomic mass is 32.2. The van der Waals surface area contributed by atoms with Crippen molar-refractivity contribution in [3.8, 4) is 0 Å². The highest BCUT2D eigenvalue weighted by Gasteiger charge is 2.24. The normalized spacial score (nSPS) is 19.8. The molecular formula is C14H13N3O3S2. The largest absolute Gasteiger partial charge is 0.371 e. The quantitative estimate of drug-likeness (QED) is 0.396. The molecule has 114 valence electrons. The molecule has 2 fully saturated rings. The number of nitro benzene ring substituents is 1. The van der Waals surface area contributed by atoms with Crippen molar-refractivity contribution in [3.63, 3.8) is 0 Å². The molecule has 0 aliphatic carbocycles. The predicted octanol–water partition coefficient (Wildman–Crippen LogP) is 2.68. The van der Waals surface area contributed by atoms with Gasteiger partial charge in [0, 0.05) is 36.5 Å². The zero-order chi connectivity index (χ0) is 15.7. The Hall–Kier alpha value is -1.93. The number of thiocarbonyl (C=S) groups is 1. The summed E-state index contributed by atoms with van der Waals surface area (Å²) in [6, 6.07) is 4.77. The minimum absolute atomic E-state index is 0.0146. The maximum Gasteiger partial charge on any atom is 0.270 e. The lowest BCUT2D eigenvalue weighted by molar-refractivity contribution is -0.384. The van der Waals surface area contributed by atoms with Gasteiger partial charge in [0.15, 0.2) is 0 Å². The van der Waals surface area contributed by atoms with Crippen LogP contribution in [0.4, 0.5) is 11.4 Å². The Balaban J connectivity index is 2.04. The molecule has 6 nitrogen and oxygen atoms in total. The Bertz CT molecular complexity index is 697. The van der Waals surface area contributed by atoms with E-state index in [-0.39, 0.29) is 11.6 Å². The number of benzene rings is 1. The van der Waals surface area contributed by atoms with E-state index >= 15 is 0 Å². The number of non-ortho nitro benzene ring substituents is 1. The van der Waals surface area contributed by atoms with E-state index in [0.29, 0.717) is 14.8 Å². The van der Waals surface area contributed by atoms with Crippen LogP contribution < -0.4 is 10.2 Å².